The molecular formula is C19H41N3. The van der Waals surface area contributed by atoms with Crippen molar-refractivity contribution in [3.63, 3.8) is 0 Å². The second kappa shape index (κ2) is 12.3. The molecule has 1 heterocycles. The van der Waals surface area contributed by atoms with Crippen molar-refractivity contribution >= 4 is 0 Å². The van der Waals surface area contributed by atoms with Crippen LogP contribution in [0.4, 0.5) is 0 Å². The van der Waals surface area contributed by atoms with E-state index in [1.165, 1.54) is 70.8 Å². The Morgan fingerprint density at radius 3 is 2.23 bits per heavy atom. The summed E-state index contributed by atoms with van der Waals surface area (Å²) in [6.07, 6.45) is 14.1. The van der Waals surface area contributed by atoms with Gasteiger partial charge in [-0.1, -0.05) is 65.2 Å². The predicted octanol–water partition coefficient (Wildman–Crippen LogP) is 4.29. The highest BCUT2D eigenvalue weighted by Crippen LogP contribution is 2.19. The van der Waals surface area contributed by atoms with E-state index in [1.54, 1.807) is 0 Å². The molecule has 0 aromatic heterocycles. The highest BCUT2D eigenvalue weighted by molar-refractivity contribution is 4.75. The Kier molecular flexibility index (Phi) is 11.2. The highest BCUT2D eigenvalue weighted by atomic mass is 15.5. The van der Waals surface area contributed by atoms with Crippen molar-refractivity contribution in [3.05, 3.63) is 0 Å². The van der Waals surface area contributed by atoms with Crippen LogP contribution in [0.15, 0.2) is 0 Å². The lowest BCUT2D eigenvalue weighted by Crippen LogP contribution is -2.40. The molecule has 2 unspecified atom stereocenters. The molecule has 132 valence electrons. The number of rotatable bonds is 9. The smallest absolute Gasteiger partial charge is 0.0255 e. The maximum absolute atomic E-state index is 3.52. The molecule has 0 radical (unpaired) electrons. The SMILES string of the molecule is CCCCCCCCCCC1CC(C)CNN(C)CCN1C. The number of hydrazine groups is 1. The van der Waals surface area contributed by atoms with E-state index in [0.717, 1.165) is 25.0 Å². The van der Waals surface area contributed by atoms with Crippen LogP contribution in [0.1, 0.15) is 78.1 Å². The minimum absolute atomic E-state index is 0.766. The Bertz CT molecular complexity index is 257. The fraction of sp³-hybridized carbons (Fsp3) is 1.00. The van der Waals surface area contributed by atoms with E-state index in [4.69, 9.17) is 0 Å². The second-order valence-electron chi connectivity index (χ2n) is 7.52. The predicted molar refractivity (Wildman–Crippen MR) is 98.1 cm³/mol. The Hall–Kier alpha value is -0.120. The molecule has 1 rings (SSSR count). The van der Waals surface area contributed by atoms with E-state index in [0.29, 0.717) is 0 Å². The zero-order chi connectivity index (χ0) is 16.2. The topological polar surface area (TPSA) is 18.5 Å². The van der Waals surface area contributed by atoms with Crippen LogP contribution in [-0.4, -0.2) is 49.7 Å². The van der Waals surface area contributed by atoms with Crippen molar-refractivity contribution in [2.24, 2.45) is 5.92 Å². The van der Waals surface area contributed by atoms with Crippen LogP contribution in [0.25, 0.3) is 0 Å². The number of nitrogens with one attached hydrogen (secondary N) is 1. The Morgan fingerprint density at radius 2 is 1.55 bits per heavy atom. The third kappa shape index (κ3) is 9.12. The van der Waals surface area contributed by atoms with E-state index in [9.17, 15) is 0 Å². The molecular weight excluding hydrogens is 270 g/mol. The van der Waals surface area contributed by atoms with E-state index in [2.05, 4.69) is 43.3 Å². The van der Waals surface area contributed by atoms with Crippen molar-refractivity contribution in [1.29, 1.82) is 0 Å². The third-order valence-corrected chi connectivity index (χ3v) is 5.19. The van der Waals surface area contributed by atoms with Crippen LogP contribution in [0.5, 0.6) is 0 Å². The van der Waals surface area contributed by atoms with Gasteiger partial charge in [0.25, 0.3) is 0 Å². The molecule has 0 aliphatic carbocycles. The normalized spacial score (nSPS) is 25.6. The molecule has 0 amide bonds. The van der Waals surface area contributed by atoms with Crippen molar-refractivity contribution in [1.82, 2.24) is 15.3 Å². The van der Waals surface area contributed by atoms with Crippen LogP contribution < -0.4 is 5.43 Å². The minimum Gasteiger partial charge on any atom is -0.302 e. The summed E-state index contributed by atoms with van der Waals surface area (Å²) < 4.78 is 0. The summed E-state index contributed by atoms with van der Waals surface area (Å²) in [5, 5.41) is 2.26. The van der Waals surface area contributed by atoms with Crippen molar-refractivity contribution in [2.45, 2.75) is 84.1 Å². The van der Waals surface area contributed by atoms with Crippen molar-refractivity contribution in [3.8, 4) is 0 Å². The first-order valence-corrected chi connectivity index (χ1v) is 9.78. The zero-order valence-corrected chi connectivity index (χ0v) is 15.7. The molecule has 1 aliphatic heterocycles. The first kappa shape index (κ1) is 19.9. The van der Waals surface area contributed by atoms with E-state index in [-0.39, 0.29) is 0 Å². The molecule has 22 heavy (non-hydrogen) atoms. The van der Waals surface area contributed by atoms with Gasteiger partial charge in [0, 0.05) is 32.7 Å². The molecule has 1 aliphatic rings. The lowest BCUT2D eigenvalue weighted by Gasteiger charge is -2.29. The van der Waals surface area contributed by atoms with Crippen LogP contribution in [0, 0.1) is 5.92 Å². The second-order valence-corrected chi connectivity index (χ2v) is 7.52. The fourth-order valence-electron chi connectivity index (χ4n) is 3.46. The molecule has 0 aromatic rings. The summed E-state index contributed by atoms with van der Waals surface area (Å²) in [7, 11) is 4.49. The van der Waals surface area contributed by atoms with Gasteiger partial charge in [-0.25, -0.2) is 5.01 Å². The van der Waals surface area contributed by atoms with Gasteiger partial charge in [0.05, 0.1) is 0 Å². The number of hydrogen-bond acceptors (Lipinski definition) is 3. The summed E-state index contributed by atoms with van der Waals surface area (Å²) >= 11 is 0. The highest BCUT2D eigenvalue weighted by Gasteiger charge is 2.20. The summed E-state index contributed by atoms with van der Waals surface area (Å²) in [4.78, 5) is 2.60. The van der Waals surface area contributed by atoms with Gasteiger partial charge in [-0.2, -0.15) is 0 Å². The maximum Gasteiger partial charge on any atom is 0.0255 e. The first-order chi connectivity index (χ1) is 10.6. The summed E-state index contributed by atoms with van der Waals surface area (Å²) in [5.74, 6) is 0.766. The van der Waals surface area contributed by atoms with Gasteiger partial charge in [0.1, 0.15) is 0 Å². The zero-order valence-electron chi connectivity index (χ0n) is 15.7. The molecule has 0 spiro atoms. The number of nitrogens with zero attached hydrogens (tertiary/aromatic N) is 2. The standard InChI is InChI=1S/C19H41N3/c1-5-6-7-8-9-10-11-12-13-19-16-18(2)17-20-22(4)15-14-21(19)3/h18-20H,5-17H2,1-4H3. The largest absolute Gasteiger partial charge is 0.302 e. The molecule has 3 nitrogen and oxygen atoms in total. The first-order valence-electron chi connectivity index (χ1n) is 9.78. The van der Waals surface area contributed by atoms with Gasteiger partial charge in [0.15, 0.2) is 0 Å². The molecule has 0 saturated carbocycles. The van der Waals surface area contributed by atoms with Crippen LogP contribution in [0.2, 0.25) is 0 Å². The van der Waals surface area contributed by atoms with Crippen molar-refractivity contribution in [2.75, 3.05) is 33.7 Å². The third-order valence-electron chi connectivity index (χ3n) is 5.19. The molecule has 0 bridgehead atoms. The van der Waals surface area contributed by atoms with Gasteiger partial charge >= 0.3 is 0 Å². The van der Waals surface area contributed by atoms with Crippen LogP contribution >= 0.6 is 0 Å². The Labute approximate surface area is 139 Å². The monoisotopic (exact) mass is 311 g/mol. The summed E-state index contributed by atoms with van der Waals surface area (Å²) in [6, 6.07) is 0.781. The molecule has 2 atom stereocenters. The van der Waals surface area contributed by atoms with Gasteiger partial charge in [-0.15, -0.1) is 0 Å². The molecule has 1 N–H and O–H groups in total. The van der Waals surface area contributed by atoms with Gasteiger partial charge < -0.3 is 4.90 Å². The van der Waals surface area contributed by atoms with Crippen LogP contribution in [-0.2, 0) is 0 Å². The van der Waals surface area contributed by atoms with E-state index >= 15 is 0 Å². The fourth-order valence-corrected chi connectivity index (χ4v) is 3.46. The number of unbranched alkanes of at least 4 members (excludes halogenated alkanes) is 7. The van der Waals surface area contributed by atoms with Crippen molar-refractivity contribution < 1.29 is 0 Å². The number of hydrogen-bond donors (Lipinski definition) is 1. The average Bonchev–Trinajstić information content (AvgIpc) is 2.56. The van der Waals surface area contributed by atoms with Gasteiger partial charge in [-0.3, -0.25) is 5.43 Å². The lowest BCUT2D eigenvalue weighted by atomic mass is 9.96. The van der Waals surface area contributed by atoms with E-state index < -0.39 is 0 Å². The molecule has 3 heteroatoms. The maximum atomic E-state index is 3.52. The van der Waals surface area contributed by atoms with E-state index in [1.807, 2.05) is 0 Å². The van der Waals surface area contributed by atoms with Gasteiger partial charge in [0.2, 0.25) is 0 Å². The van der Waals surface area contributed by atoms with Crippen LogP contribution in [0.3, 0.4) is 0 Å². The summed E-state index contributed by atoms with van der Waals surface area (Å²) in [5.41, 5.74) is 3.52. The molecule has 1 saturated heterocycles. The Morgan fingerprint density at radius 1 is 0.909 bits per heavy atom. The average molecular weight is 312 g/mol. The quantitative estimate of drug-likeness (QED) is 0.641. The Balaban J connectivity index is 2.18. The molecule has 0 aromatic carbocycles. The molecule has 1 fully saturated rings. The summed E-state index contributed by atoms with van der Waals surface area (Å²) in [6.45, 7) is 8.11. The lowest BCUT2D eigenvalue weighted by molar-refractivity contribution is 0.180. The van der Waals surface area contributed by atoms with Gasteiger partial charge in [-0.05, 0) is 25.8 Å². The minimum atomic E-state index is 0.766. The number of likely N-dealkylation sites (N-methyl/N-ethyl adjacent to an activating group) is 2.